The molecule has 1 fully saturated rings. The molecule has 1 aliphatic heterocycles. The molecular formula is C21H24N2O4. The number of ether oxygens (including phenoxy) is 1. The molecule has 0 aliphatic carbocycles. The van der Waals surface area contributed by atoms with Crippen molar-refractivity contribution in [2.75, 3.05) is 19.1 Å². The molecule has 1 heterocycles. The zero-order valence-electron chi connectivity index (χ0n) is 15.8. The summed E-state index contributed by atoms with van der Waals surface area (Å²) in [7, 11) is 3.01. The average molecular weight is 368 g/mol. The van der Waals surface area contributed by atoms with E-state index in [9.17, 15) is 9.59 Å². The summed E-state index contributed by atoms with van der Waals surface area (Å²) in [5.41, 5.74) is 5.20. The first-order chi connectivity index (χ1) is 13.0. The monoisotopic (exact) mass is 368 g/mol. The van der Waals surface area contributed by atoms with E-state index in [1.165, 1.54) is 7.11 Å². The highest BCUT2D eigenvalue weighted by Gasteiger charge is 2.41. The van der Waals surface area contributed by atoms with Crippen molar-refractivity contribution in [2.45, 2.75) is 25.8 Å². The number of benzene rings is 2. The normalized spacial score (nSPS) is 19.7. The van der Waals surface area contributed by atoms with Crippen molar-refractivity contribution >= 4 is 17.5 Å². The fraction of sp³-hybridized carbons (Fsp3) is 0.333. The first-order valence-corrected chi connectivity index (χ1v) is 8.90. The van der Waals surface area contributed by atoms with Crippen LogP contribution in [0.2, 0.25) is 0 Å². The SMILES string of the molecule is CONC(=O)[C@H]1CCC(=O)N(c2ccc(C)cc2)[C@H]1c1ccc(OC)cc1. The Kier molecular flexibility index (Phi) is 5.76. The number of aryl methyl sites for hydroxylation is 1. The Morgan fingerprint density at radius 3 is 2.33 bits per heavy atom. The van der Waals surface area contributed by atoms with Crippen molar-refractivity contribution in [1.29, 1.82) is 0 Å². The number of methoxy groups -OCH3 is 1. The van der Waals surface area contributed by atoms with Gasteiger partial charge in [-0.3, -0.25) is 14.4 Å². The zero-order valence-corrected chi connectivity index (χ0v) is 15.8. The number of amides is 2. The van der Waals surface area contributed by atoms with Crippen LogP contribution in [0.5, 0.6) is 5.75 Å². The third-order valence-corrected chi connectivity index (χ3v) is 4.91. The van der Waals surface area contributed by atoms with Gasteiger partial charge >= 0.3 is 0 Å². The second-order valence-corrected chi connectivity index (χ2v) is 6.63. The maximum Gasteiger partial charge on any atom is 0.249 e. The van der Waals surface area contributed by atoms with E-state index in [2.05, 4.69) is 5.48 Å². The molecule has 0 bridgehead atoms. The van der Waals surface area contributed by atoms with Gasteiger partial charge in [-0.25, -0.2) is 5.48 Å². The molecule has 2 atom stereocenters. The van der Waals surface area contributed by atoms with Crippen LogP contribution in [0.3, 0.4) is 0 Å². The van der Waals surface area contributed by atoms with E-state index in [1.54, 1.807) is 12.0 Å². The van der Waals surface area contributed by atoms with Crippen LogP contribution in [0.25, 0.3) is 0 Å². The van der Waals surface area contributed by atoms with Gasteiger partial charge in [0.2, 0.25) is 11.8 Å². The summed E-state index contributed by atoms with van der Waals surface area (Å²) in [5, 5.41) is 0. The molecule has 27 heavy (non-hydrogen) atoms. The predicted octanol–water partition coefficient (Wildman–Crippen LogP) is 3.17. The number of hydrogen-bond donors (Lipinski definition) is 1. The van der Waals surface area contributed by atoms with Gasteiger partial charge in [0.1, 0.15) is 5.75 Å². The van der Waals surface area contributed by atoms with Gasteiger partial charge in [-0.15, -0.1) is 0 Å². The molecular weight excluding hydrogens is 344 g/mol. The van der Waals surface area contributed by atoms with E-state index in [-0.39, 0.29) is 11.8 Å². The van der Waals surface area contributed by atoms with E-state index in [0.717, 1.165) is 22.6 Å². The fourth-order valence-corrected chi connectivity index (χ4v) is 3.54. The lowest BCUT2D eigenvalue weighted by Gasteiger charge is -2.40. The lowest BCUT2D eigenvalue weighted by molar-refractivity contribution is -0.138. The molecule has 1 aliphatic rings. The van der Waals surface area contributed by atoms with Crippen LogP contribution in [-0.2, 0) is 14.4 Å². The third kappa shape index (κ3) is 3.95. The molecule has 2 amide bonds. The van der Waals surface area contributed by atoms with Crippen molar-refractivity contribution in [3.63, 3.8) is 0 Å². The number of piperidine rings is 1. The van der Waals surface area contributed by atoms with Gasteiger partial charge in [0.25, 0.3) is 0 Å². The minimum atomic E-state index is -0.421. The number of anilines is 1. The van der Waals surface area contributed by atoms with Crippen LogP contribution < -0.4 is 15.1 Å². The maximum atomic E-state index is 12.9. The van der Waals surface area contributed by atoms with Crippen LogP contribution >= 0.6 is 0 Å². The van der Waals surface area contributed by atoms with E-state index in [0.29, 0.717) is 12.8 Å². The number of nitrogens with zero attached hydrogens (tertiary/aromatic N) is 1. The highest BCUT2D eigenvalue weighted by atomic mass is 16.6. The number of hydrogen-bond acceptors (Lipinski definition) is 4. The van der Waals surface area contributed by atoms with Gasteiger partial charge in [0.15, 0.2) is 0 Å². The van der Waals surface area contributed by atoms with Gasteiger partial charge in [0, 0.05) is 12.1 Å². The molecule has 0 unspecified atom stereocenters. The van der Waals surface area contributed by atoms with E-state index >= 15 is 0 Å². The third-order valence-electron chi connectivity index (χ3n) is 4.91. The topological polar surface area (TPSA) is 67.9 Å². The second-order valence-electron chi connectivity index (χ2n) is 6.63. The number of carbonyl (C=O) groups is 2. The van der Waals surface area contributed by atoms with Gasteiger partial charge < -0.3 is 9.64 Å². The lowest BCUT2D eigenvalue weighted by atomic mass is 9.83. The van der Waals surface area contributed by atoms with Gasteiger partial charge in [-0.1, -0.05) is 29.8 Å². The Morgan fingerprint density at radius 2 is 1.74 bits per heavy atom. The van der Waals surface area contributed by atoms with Gasteiger partial charge in [-0.05, 0) is 43.2 Å². The summed E-state index contributed by atoms with van der Waals surface area (Å²) in [6, 6.07) is 14.8. The molecule has 1 N–H and O–H groups in total. The number of nitrogens with one attached hydrogen (secondary N) is 1. The molecule has 1 saturated heterocycles. The summed E-state index contributed by atoms with van der Waals surface area (Å²) < 4.78 is 5.24. The van der Waals surface area contributed by atoms with Crippen LogP contribution in [0.15, 0.2) is 48.5 Å². The largest absolute Gasteiger partial charge is 0.497 e. The standard InChI is InChI=1S/C21H24N2O4/c1-14-4-8-16(9-5-14)23-19(24)13-12-18(21(25)22-27-3)20(23)15-6-10-17(26-2)11-7-15/h4-11,18,20H,12-13H2,1-3H3,(H,22,25)/t18-,20-/m0/s1. The number of carbonyl (C=O) groups excluding carboxylic acids is 2. The number of rotatable bonds is 5. The summed E-state index contributed by atoms with van der Waals surface area (Å²) in [5.74, 6) is 0.0714. The van der Waals surface area contributed by atoms with Crippen molar-refractivity contribution in [3.05, 3.63) is 59.7 Å². The quantitative estimate of drug-likeness (QED) is 0.823. The fourth-order valence-electron chi connectivity index (χ4n) is 3.54. The van der Waals surface area contributed by atoms with Crippen LogP contribution in [0.4, 0.5) is 5.69 Å². The smallest absolute Gasteiger partial charge is 0.249 e. The Bertz CT molecular complexity index is 802. The van der Waals surface area contributed by atoms with Crippen molar-refractivity contribution in [3.8, 4) is 5.75 Å². The molecule has 2 aromatic rings. The Hall–Kier alpha value is -2.86. The first kappa shape index (κ1) is 18.9. The molecule has 3 rings (SSSR count). The summed E-state index contributed by atoms with van der Waals surface area (Å²) >= 11 is 0. The molecule has 142 valence electrons. The Balaban J connectivity index is 2.06. The minimum Gasteiger partial charge on any atom is -0.497 e. The zero-order chi connectivity index (χ0) is 19.4. The van der Waals surface area contributed by atoms with E-state index in [1.807, 2.05) is 55.5 Å². The summed E-state index contributed by atoms with van der Waals surface area (Å²) in [6.07, 6.45) is 0.773. The highest BCUT2D eigenvalue weighted by molar-refractivity contribution is 5.97. The van der Waals surface area contributed by atoms with Gasteiger partial charge in [0.05, 0.1) is 26.2 Å². The van der Waals surface area contributed by atoms with Crippen molar-refractivity contribution < 1.29 is 19.2 Å². The van der Waals surface area contributed by atoms with Crippen LogP contribution in [0, 0.1) is 12.8 Å². The predicted molar refractivity (Wildman–Crippen MR) is 102 cm³/mol. The first-order valence-electron chi connectivity index (χ1n) is 8.90. The summed E-state index contributed by atoms with van der Waals surface area (Å²) in [6.45, 7) is 2.00. The molecule has 0 aromatic heterocycles. The lowest BCUT2D eigenvalue weighted by Crippen LogP contribution is -2.48. The molecule has 0 spiro atoms. The molecule has 6 heteroatoms. The van der Waals surface area contributed by atoms with Crippen LogP contribution in [0.1, 0.15) is 30.0 Å². The van der Waals surface area contributed by atoms with E-state index in [4.69, 9.17) is 9.57 Å². The van der Waals surface area contributed by atoms with E-state index < -0.39 is 12.0 Å². The Labute approximate surface area is 159 Å². The average Bonchev–Trinajstić information content (AvgIpc) is 2.69. The maximum absolute atomic E-state index is 12.9. The highest BCUT2D eigenvalue weighted by Crippen LogP contribution is 2.40. The van der Waals surface area contributed by atoms with Crippen molar-refractivity contribution in [2.24, 2.45) is 5.92 Å². The minimum absolute atomic E-state index is 0.00105. The molecule has 2 aromatic carbocycles. The molecule has 0 radical (unpaired) electrons. The van der Waals surface area contributed by atoms with Gasteiger partial charge in [-0.2, -0.15) is 0 Å². The van der Waals surface area contributed by atoms with Crippen LogP contribution in [-0.4, -0.2) is 26.0 Å². The second kappa shape index (κ2) is 8.22. The Morgan fingerprint density at radius 1 is 1.07 bits per heavy atom. The summed E-state index contributed by atoms with van der Waals surface area (Å²) in [4.78, 5) is 32.1. The number of hydroxylamine groups is 1. The molecule has 0 saturated carbocycles. The molecule has 6 nitrogen and oxygen atoms in total. The van der Waals surface area contributed by atoms with Crippen molar-refractivity contribution in [1.82, 2.24) is 5.48 Å².